The normalized spacial score (nSPS) is 12.1. The van der Waals surface area contributed by atoms with E-state index in [1.54, 1.807) is 0 Å². The lowest BCUT2D eigenvalue weighted by molar-refractivity contribution is 0.663. The van der Waals surface area contributed by atoms with Gasteiger partial charge in [0, 0.05) is 21.5 Å². The van der Waals surface area contributed by atoms with Crippen LogP contribution in [-0.4, -0.2) is 0 Å². The molecule has 2 heteroatoms. The Bertz CT molecular complexity index is 1090. The van der Waals surface area contributed by atoms with Crippen molar-refractivity contribution in [3.05, 3.63) is 59.7 Å². The zero-order valence-corrected chi connectivity index (χ0v) is 12.4. The van der Waals surface area contributed by atoms with Crippen molar-refractivity contribution in [3.63, 3.8) is 0 Å². The molecule has 5 rings (SSSR count). The van der Waals surface area contributed by atoms with Gasteiger partial charge in [-0.15, -0.1) is 0 Å². The Morgan fingerprint density at radius 1 is 0.500 bits per heavy atom. The highest BCUT2D eigenvalue weighted by Crippen LogP contribution is 2.36. The van der Waals surface area contributed by atoms with Gasteiger partial charge in [-0.25, -0.2) is 0 Å². The third-order valence-electron chi connectivity index (χ3n) is 4.38. The molecule has 0 fully saturated rings. The summed E-state index contributed by atoms with van der Waals surface area (Å²) >= 11 is 0. The third-order valence-corrected chi connectivity index (χ3v) is 4.38. The summed E-state index contributed by atoms with van der Waals surface area (Å²) in [5, 5.41) is 4.50. The fourth-order valence-corrected chi connectivity index (χ4v) is 3.26. The molecule has 0 saturated carbocycles. The van der Waals surface area contributed by atoms with Crippen LogP contribution in [0.4, 0.5) is 0 Å². The monoisotopic (exact) mass is 286 g/mol. The molecule has 2 nitrogen and oxygen atoms in total. The van der Waals surface area contributed by atoms with E-state index < -0.39 is 0 Å². The van der Waals surface area contributed by atoms with Crippen LogP contribution in [0, 0.1) is 13.8 Å². The maximum Gasteiger partial charge on any atom is 0.136 e. The van der Waals surface area contributed by atoms with Crippen LogP contribution in [0.15, 0.2) is 57.4 Å². The van der Waals surface area contributed by atoms with Crippen molar-refractivity contribution in [1.82, 2.24) is 0 Å². The molecule has 0 N–H and O–H groups in total. The van der Waals surface area contributed by atoms with Crippen LogP contribution in [0.2, 0.25) is 0 Å². The maximum absolute atomic E-state index is 6.04. The van der Waals surface area contributed by atoms with Gasteiger partial charge in [0.15, 0.2) is 0 Å². The predicted molar refractivity (Wildman–Crippen MR) is 90.5 cm³/mol. The summed E-state index contributed by atoms with van der Waals surface area (Å²) in [6.45, 7) is 4.16. The van der Waals surface area contributed by atoms with Crippen LogP contribution >= 0.6 is 0 Å². The fourth-order valence-electron chi connectivity index (χ4n) is 3.26. The highest BCUT2D eigenvalue weighted by molar-refractivity contribution is 6.14. The molecule has 0 radical (unpaired) electrons. The number of benzene rings is 3. The first-order valence-corrected chi connectivity index (χ1v) is 7.45. The van der Waals surface area contributed by atoms with Crippen LogP contribution in [-0.2, 0) is 0 Å². The van der Waals surface area contributed by atoms with Crippen LogP contribution in [0.1, 0.15) is 11.1 Å². The number of rotatable bonds is 0. The zero-order valence-electron chi connectivity index (χ0n) is 12.4. The van der Waals surface area contributed by atoms with Gasteiger partial charge in [0.2, 0.25) is 0 Å². The molecule has 0 aliphatic rings. The molecule has 5 aromatic rings. The molecule has 0 unspecified atom stereocenters. The summed E-state index contributed by atoms with van der Waals surface area (Å²) in [4.78, 5) is 0. The number of furan rings is 2. The van der Waals surface area contributed by atoms with Gasteiger partial charge in [0.1, 0.15) is 22.3 Å². The highest BCUT2D eigenvalue weighted by atomic mass is 16.3. The Labute approximate surface area is 126 Å². The zero-order chi connectivity index (χ0) is 14.8. The predicted octanol–water partition coefficient (Wildman–Crippen LogP) is 6.10. The molecular formula is C20H14O2. The number of hydrogen-bond donors (Lipinski definition) is 0. The van der Waals surface area contributed by atoms with E-state index >= 15 is 0 Å². The van der Waals surface area contributed by atoms with Crippen molar-refractivity contribution < 1.29 is 8.83 Å². The molecule has 0 amide bonds. The van der Waals surface area contributed by atoms with Crippen molar-refractivity contribution in [2.75, 3.05) is 0 Å². The van der Waals surface area contributed by atoms with Gasteiger partial charge in [-0.3, -0.25) is 0 Å². The minimum atomic E-state index is 0.913. The van der Waals surface area contributed by atoms with Crippen molar-refractivity contribution in [1.29, 1.82) is 0 Å². The molecule has 0 aliphatic heterocycles. The van der Waals surface area contributed by atoms with E-state index in [9.17, 15) is 0 Å². The van der Waals surface area contributed by atoms with Crippen LogP contribution in [0.5, 0.6) is 0 Å². The lowest BCUT2D eigenvalue weighted by Crippen LogP contribution is -1.71. The molecule has 0 bridgehead atoms. The Balaban J connectivity index is 1.97. The van der Waals surface area contributed by atoms with E-state index in [0.29, 0.717) is 0 Å². The summed E-state index contributed by atoms with van der Waals surface area (Å²) in [6, 6.07) is 16.8. The van der Waals surface area contributed by atoms with E-state index in [1.807, 2.05) is 0 Å². The second kappa shape index (κ2) is 3.92. The smallest absolute Gasteiger partial charge is 0.136 e. The fraction of sp³-hybridized carbons (Fsp3) is 0.100. The van der Waals surface area contributed by atoms with Gasteiger partial charge in [0.05, 0.1) is 0 Å². The van der Waals surface area contributed by atoms with Crippen molar-refractivity contribution in [2.45, 2.75) is 13.8 Å². The first kappa shape index (κ1) is 11.9. The first-order chi connectivity index (χ1) is 10.7. The van der Waals surface area contributed by atoms with Gasteiger partial charge in [-0.2, -0.15) is 0 Å². The van der Waals surface area contributed by atoms with E-state index in [1.165, 1.54) is 11.1 Å². The van der Waals surface area contributed by atoms with Gasteiger partial charge < -0.3 is 8.83 Å². The molecule has 0 spiro atoms. The third kappa shape index (κ3) is 1.49. The Hall–Kier alpha value is -2.74. The highest BCUT2D eigenvalue weighted by Gasteiger charge is 2.13. The second-order valence-electron chi connectivity index (χ2n) is 6.05. The summed E-state index contributed by atoms with van der Waals surface area (Å²) in [6.07, 6.45) is 0. The molecule has 22 heavy (non-hydrogen) atoms. The Kier molecular flexibility index (Phi) is 2.11. The molecular weight excluding hydrogens is 272 g/mol. The first-order valence-electron chi connectivity index (χ1n) is 7.45. The lowest BCUT2D eigenvalue weighted by atomic mass is 10.1. The van der Waals surface area contributed by atoms with Gasteiger partial charge >= 0.3 is 0 Å². The van der Waals surface area contributed by atoms with E-state index in [2.05, 4.69) is 62.4 Å². The van der Waals surface area contributed by atoms with Crippen LogP contribution in [0.25, 0.3) is 43.9 Å². The maximum atomic E-state index is 6.04. The summed E-state index contributed by atoms with van der Waals surface area (Å²) in [7, 11) is 0. The van der Waals surface area contributed by atoms with E-state index in [4.69, 9.17) is 8.83 Å². The molecule has 2 aromatic heterocycles. The molecule has 106 valence electrons. The molecule has 2 heterocycles. The van der Waals surface area contributed by atoms with Crippen LogP contribution < -0.4 is 0 Å². The van der Waals surface area contributed by atoms with Gasteiger partial charge in [-0.1, -0.05) is 24.3 Å². The minimum Gasteiger partial charge on any atom is -0.456 e. The summed E-state index contributed by atoms with van der Waals surface area (Å²) in [5.74, 6) is 0. The van der Waals surface area contributed by atoms with Crippen molar-refractivity contribution in [3.8, 4) is 0 Å². The second-order valence-corrected chi connectivity index (χ2v) is 6.05. The number of aryl methyl sites for hydroxylation is 2. The Morgan fingerprint density at radius 2 is 0.909 bits per heavy atom. The SMILES string of the molecule is Cc1ccc2c(c1)oc1cc3c(cc12)oc1cc(C)ccc13. The van der Waals surface area contributed by atoms with E-state index in [0.717, 1.165) is 43.9 Å². The molecule has 0 saturated heterocycles. The van der Waals surface area contributed by atoms with Gasteiger partial charge in [-0.05, 0) is 49.2 Å². The van der Waals surface area contributed by atoms with E-state index in [-0.39, 0.29) is 0 Å². The number of hydrogen-bond acceptors (Lipinski definition) is 2. The largest absolute Gasteiger partial charge is 0.456 e. The molecule has 0 atom stereocenters. The minimum absolute atomic E-state index is 0.913. The Morgan fingerprint density at radius 3 is 1.36 bits per heavy atom. The van der Waals surface area contributed by atoms with Crippen molar-refractivity contribution in [2.24, 2.45) is 0 Å². The number of fused-ring (bicyclic) bond motifs is 6. The van der Waals surface area contributed by atoms with Gasteiger partial charge in [0.25, 0.3) is 0 Å². The topological polar surface area (TPSA) is 26.3 Å². The quantitative estimate of drug-likeness (QED) is 0.343. The standard InChI is InChI=1S/C20H14O2/c1-11-3-5-13-15-9-20-16(10-19(15)21-17(13)7-11)14-6-4-12(2)8-18(14)22-20/h3-10H,1-2H3. The molecule has 3 aromatic carbocycles. The lowest BCUT2D eigenvalue weighted by Gasteiger charge is -1.92. The van der Waals surface area contributed by atoms with Crippen molar-refractivity contribution >= 4 is 43.9 Å². The summed E-state index contributed by atoms with van der Waals surface area (Å²) in [5.41, 5.74) is 6.10. The average Bonchev–Trinajstić information content (AvgIpc) is 3.00. The van der Waals surface area contributed by atoms with Crippen LogP contribution in [0.3, 0.4) is 0 Å². The average molecular weight is 286 g/mol. The summed E-state index contributed by atoms with van der Waals surface area (Å²) < 4.78 is 12.1. The molecule has 0 aliphatic carbocycles.